The molecule has 2 unspecified atom stereocenters. The molecule has 1 N–H and O–H groups in total. The Bertz CT molecular complexity index is 314. The zero-order chi connectivity index (χ0) is 11.5. The maximum absolute atomic E-state index is 9.56. The monoisotopic (exact) mass is 335 g/mol. The second-order valence-corrected chi connectivity index (χ2v) is 5.46. The highest BCUT2D eigenvalue weighted by molar-refractivity contribution is 14.1. The number of halogens is 1. The molecule has 0 aromatic carbocycles. The fraction of sp³-hybridized carbons (Fsp3) is 0.667. The Kier molecular flexibility index (Phi) is 4.27. The molecule has 16 heavy (non-hydrogen) atoms. The minimum atomic E-state index is -0.156. The standard InChI is InChI=1S/C12H18INO2/c1-16-11-5-3-2-4-10(11)12(13)14-7-6-9(15)8-14/h4-5,9,12,15H,2-3,6-8H2,1H3. The Morgan fingerprint density at radius 1 is 1.50 bits per heavy atom. The van der Waals surface area contributed by atoms with Crippen molar-refractivity contribution in [1.82, 2.24) is 4.90 Å². The molecule has 2 rings (SSSR count). The Labute approximate surface area is 110 Å². The molecule has 1 aliphatic heterocycles. The fourth-order valence-corrected chi connectivity index (χ4v) is 3.33. The molecule has 0 amide bonds. The Morgan fingerprint density at radius 3 is 2.88 bits per heavy atom. The zero-order valence-corrected chi connectivity index (χ0v) is 11.7. The quantitative estimate of drug-likeness (QED) is 0.487. The van der Waals surface area contributed by atoms with Crippen LogP contribution in [0.1, 0.15) is 19.3 Å². The molecule has 1 saturated heterocycles. The van der Waals surface area contributed by atoms with Crippen molar-refractivity contribution >= 4 is 22.6 Å². The summed E-state index contributed by atoms with van der Waals surface area (Å²) in [7, 11) is 1.73. The van der Waals surface area contributed by atoms with Crippen molar-refractivity contribution in [3.05, 3.63) is 23.5 Å². The number of hydrogen-bond acceptors (Lipinski definition) is 3. The highest BCUT2D eigenvalue weighted by Gasteiger charge is 2.29. The number of alkyl halides is 1. The summed E-state index contributed by atoms with van der Waals surface area (Å²) in [5.74, 6) is 1.01. The number of methoxy groups -OCH3 is 1. The maximum atomic E-state index is 9.56. The van der Waals surface area contributed by atoms with E-state index in [1.165, 1.54) is 5.57 Å². The number of allylic oxidation sites excluding steroid dienone is 2. The van der Waals surface area contributed by atoms with Crippen LogP contribution >= 0.6 is 22.6 Å². The molecule has 1 aliphatic carbocycles. The Hall–Kier alpha value is -0.0700. The van der Waals surface area contributed by atoms with Gasteiger partial charge in [0.1, 0.15) is 5.76 Å². The van der Waals surface area contributed by atoms with Gasteiger partial charge >= 0.3 is 0 Å². The van der Waals surface area contributed by atoms with Gasteiger partial charge in [0.25, 0.3) is 0 Å². The summed E-state index contributed by atoms with van der Waals surface area (Å²) in [6.07, 6.45) is 7.32. The van der Waals surface area contributed by atoms with Gasteiger partial charge in [-0.2, -0.15) is 0 Å². The number of nitrogens with zero attached hydrogens (tertiary/aromatic N) is 1. The van der Waals surface area contributed by atoms with E-state index in [0.29, 0.717) is 4.05 Å². The van der Waals surface area contributed by atoms with Crippen molar-refractivity contribution in [1.29, 1.82) is 0 Å². The van der Waals surface area contributed by atoms with E-state index in [1.807, 2.05) is 0 Å². The van der Waals surface area contributed by atoms with E-state index < -0.39 is 0 Å². The van der Waals surface area contributed by atoms with E-state index in [2.05, 4.69) is 39.6 Å². The number of likely N-dealkylation sites (tertiary alicyclic amines) is 1. The van der Waals surface area contributed by atoms with E-state index in [0.717, 1.165) is 38.1 Å². The van der Waals surface area contributed by atoms with Crippen LogP contribution in [0.2, 0.25) is 0 Å². The molecule has 0 bridgehead atoms. The molecule has 2 aliphatic rings. The highest BCUT2D eigenvalue weighted by atomic mass is 127. The summed E-state index contributed by atoms with van der Waals surface area (Å²) in [5, 5.41) is 9.56. The van der Waals surface area contributed by atoms with Gasteiger partial charge in [0.05, 0.1) is 17.3 Å². The van der Waals surface area contributed by atoms with Crippen LogP contribution in [0, 0.1) is 0 Å². The number of aliphatic hydroxyl groups excluding tert-OH is 1. The first-order valence-electron chi connectivity index (χ1n) is 5.73. The summed E-state index contributed by atoms with van der Waals surface area (Å²) in [5.41, 5.74) is 1.27. The Morgan fingerprint density at radius 2 is 2.25 bits per heavy atom. The predicted molar refractivity (Wildman–Crippen MR) is 72.4 cm³/mol. The second-order valence-electron chi connectivity index (χ2n) is 4.28. The van der Waals surface area contributed by atoms with Crippen molar-refractivity contribution in [2.24, 2.45) is 0 Å². The lowest BCUT2D eigenvalue weighted by Gasteiger charge is -2.27. The number of β-amino-alcohol motifs (C(OH)–C–C–N with tert-alkyl or cyclic N) is 1. The van der Waals surface area contributed by atoms with Gasteiger partial charge in [-0.1, -0.05) is 28.7 Å². The van der Waals surface area contributed by atoms with Crippen LogP contribution in [-0.2, 0) is 4.74 Å². The van der Waals surface area contributed by atoms with E-state index in [9.17, 15) is 5.11 Å². The van der Waals surface area contributed by atoms with Crippen LogP contribution in [0.15, 0.2) is 23.5 Å². The number of aliphatic hydroxyl groups is 1. The number of rotatable bonds is 3. The van der Waals surface area contributed by atoms with Crippen LogP contribution in [0.3, 0.4) is 0 Å². The summed E-state index contributed by atoms with van der Waals surface area (Å²) in [4.78, 5) is 2.31. The second kappa shape index (κ2) is 5.51. The molecule has 4 heteroatoms. The molecule has 90 valence electrons. The van der Waals surface area contributed by atoms with E-state index in [-0.39, 0.29) is 6.10 Å². The van der Waals surface area contributed by atoms with Crippen LogP contribution < -0.4 is 0 Å². The number of hydrogen-bond donors (Lipinski definition) is 1. The van der Waals surface area contributed by atoms with Crippen LogP contribution in [0.5, 0.6) is 0 Å². The van der Waals surface area contributed by atoms with E-state index in [4.69, 9.17) is 4.74 Å². The van der Waals surface area contributed by atoms with Gasteiger partial charge in [0, 0.05) is 18.7 Å². The fourth-order valence-electron chi connectivity index (χ4n) is 2.26. The third kappa shape index (κ3) is 2.60. The smallest absolute Gasteiger partial charge is 0.120 e. The topological polar surface area (TPSA) is 32.7 Å². The number of ether oxygens (including phenoxy) is 1. The van der Waals surface area contributed by atoms with Gasteiger partial charge in [0.15, 0.2) is 0 Å². The normalized spacial score (nSPS) is 28.6. The van der Waals surface area contributed by atoms with Crippen molar-refractivity contribution in [3.8, 4) is 0 Å². The average molecular weight is 335 g/mol. The summed E-state index contributed by atoms with van der Waals surface area (Å²) in [6, 6.07) is 0. The molecule has 2 atom stereocenters. The lowest BCUT2D eigenvalue weighted by atomic mass is 10.0. The molecule has 1 heterocycles. The maximum Gasteiger partial charge on any atom is 0.120 e. The summed E-state index contributed by atoms with van der Waals surface area (Å²) < 4.78 is 5.73. The minimum absolute atomic E-state index is 0.156. The molecule has 0 aromatic rings. The minimum Gasteiger partial charge on any atom is -0.497 e. The molecule has 3 nitrogen and oxygen atoms in total. The zero-order valence-electron chi connectivity index (χ0n) is 9.53. The third-order valence-electron chi connectivity index (χ3n) is 3.14. The van der Waals surface area contributed by atoms with Crippen LogP contribution in [0.25, 0.3) is 0 Å². The first-order chi connectivity index (χ1) is 7.72. The van der Waals surface area contributed by atoms with E-state index >= 15 is 0 Å². The van der Waals surface area contributed by atoms with Gasteiger partial charge in [0.2, 0.25) is 0 Å². The van der Waals surface area contributed by atoms with Gasteiger partial charge in [-0.15, -0.1) is 0 Å². The summed E-state index contributed by atoms with van der Waals surface area (Å²) >= 11 is 2.44. The highest BCUT2D eigenvalue weighted by Crippen LogP contribution is 2.30. The molecule has 0 aromatic heterocycles. The van der Waals surface area contributed by atoms with Crippen LogP contribution in [-0.4, -0.2) is 40.4 Å². The van der Waals surface area contributed by atoms with Crippen molar-refractivity contribution in [2.75, 3.05) is 20.2 Å². The van der Waals surface area contributed by atoms with Gasteiger partial charge in [-0.25, -0.2) is 0 Å². The molecule has 0 spiro atoms. The van der Waals surface area contributed by atoms with Crippen LogP contribution in [0.4, 0.5) is 0 Å². The van der Waals surface area contributed by atoms with Gasteiger partial charge in [-0.05, 0) is 25.3 Å². The lowest BCUT2D eigenvalue weighted by molar-refractivity contribution is 0.176. The average Bonchev–Trinajstić information content (AvgIpc) is 2.75. The SMILES string of the molecule is COC1=CCCC=C1C(I)N1CCC(O)C1. The molecule has 1 fully saturated rings. The van der Waals surface area contributed by atoms with Gasteiger partial charge < -0.3 is 9.84 Å². The van der Waals surface area contributed by atoms with Crippen molar-refractivity contribution < 1.29 is 9.84 Å². The van der Waals surface area contributed by atoms with Crippen molar-refractivity contribution in [3.63, 3.8) is 0 Å². The van der Waals surface area contributed by atoms with E-state index in [1.54, 1.807) is 7.11 Å². The molecule has 0 radical (unpaired) electrons. The molecular weight excluding hydrogens is 317 g/mol. The molecule has 0 saturated carbocycles. The van der Waals surface area contributed by atoms with Gasteiger partial charge in [-0.3, -0.25) is 4.90 Å². The largest absolute Gasteiger partial charge is 0.497 e. The lowest BCUT2D eigenvalue weighted by Crippen LogP contribution is -2.32. The summed E-state index contributed by atoms with van der Waals surface area (Å²) in [6.45, 7) is 1.76. The molecular formula is C12H18INO2. The van der Waals surface area contributed by atoms with Crippen molar-refractivity contribution in [2.45, 2.75) is 29.4 Å². The first kappa shape index (κ1) is 12.4. The third-order valence-corrected chi connectivity index (χ3v) is 4.60. The Balaban J connectivity index is 2.06. The first-order valence-corrected chi connectivity index (χ1v) is 6.97. The predicted octanol–water partition coefficient (Wildman–Crippen LogP) is 2.06.